The van der Waals surface area contributed by atoms with Crippen LogP contribution in [0.25, 0.3) is 6.08 Å². The van der Waals surface area contributed by atoms with Crippen molar-refractivity contribution in [3.63, 3.8) is 0 Å². The van der Waals surface area contributed by atoms with Crippen LogP contribution in [-0.2, 0) is 10.5 Å². The Hall–Kier alpha value is -2.38. The van der Waals surface area contributed by atoms with E-state index in [-0.39, 0.29) is 16.5 Å². The Bertz CT molecular complexity index is 848. The molecule has 0 N–H and O–H groups in total. The fraction of sp³-hybridized carbons (Fsp3) is 0.0588. The number of carbonyl (C=O) groups is 1. The first-order chi connectivity index (χ1) is 11.6. The summed E-state index contributed by atoms with van der Waals surface area (Å²) >= 11 is 2.55. The minimum absolute atomic E-state index is 0.0385. The van der Waals surface area contributed by atoms with Crippen molar-refractivity contribution in [2.75, 3.05) is 0 Å². The van der Waals surface area contributed by atoms with E-state index in [9.17, 15) is 14.9 Å². The lowest BCUT2D eigenvalue weighted by molar-refractivity contribution is -0.385. The highest BCUT2D eigenvalue weighted by Crippen LogP contribution is 2.33. The van der Waals surface area contributed by atoms with Crippen molar-refractivity contribution in [3.05, 3.63) is 81.5 Å². The van der Waals surface area contributed by atoms with Gasteiger partial charge in [-0.2, -0.15) is 0 Å². The molecular formula is C17H12N2O3S2. The summed E-state index contributed by atoms with van der Waals surface area (Å²) in [5, 5.41) is 10.9. The van der Waals surface area contributed by atoms with E-state index >= 15 is 0 Å². The van der Waals surface area contributed by atoms with Gasteiger partial charge in [-0.05, 0) is 29.5 Å². The van der Waals surface area contributed by atoms with Crippen molar-refractivity contribution < 1.29 is 9.72 Å². The van der Waals surface area contributed by atoms with E-state index in [0.29, 0.717) is 9.94 Å². The Kier molecular flexibility index (Phi) is 5.12. The number of hydrogen-bond acceptors (Lipinski definition) is 6. The highest BCUT2D eigenvalue weighted by atomic mass is 32.2. The molecular weight excluding hydrogens is 344 g/mol. The number of benzene rings is 2. The summed E-state index contributed by atoms with van der Waals surface area (Å²) in [7, 11) is 0. The zero-order valence-electron chi connectivity index (χ0n) is 12.4. The molecule has 0 saturated carbocycles. The predicted molar refractivity (Wildman–Crippen MR) is 98.8 cm³/mol. The molecule has 7 heteroatoms. The van der Waals surface area contributed by atoms with E-state index in [1.54, 1.807) is 18.2 Å². The second kappa shape index (κ2) is 7.46. The maximum atomic E-state index is 12.1. The van der Waals surface area contributed by atoms with Crippen molar-refractivity contribution in [2.45, 2.75) is 5.75 Å². The number of thioether (sulfide) groups is 2. The molecule has 0 spiro atoms. The molecule has 1 heterocycles. The number of para-hydroxylation sites is 1. The van der Waals surface area contributed by atoms with Crippen LogP contribution < -0.4 is 0 Å². The van der Waals surface area contributed by atoms with Gasteiger partial charge >= 0.3 is 0 Å². The third-order valence-electron chi connectivity index (χ3n) is 3.23. The Labute approximate surface area is 147 Å². The molecule has 24 heavy (non-hydrogen) atoms. The zero-order chi connectivity index (χ0) is 16.9. The quantitative estimate of drug-likeness (QED) is 0.458. The zero-order valence-corrected chi connectivity index (χ0v) is 14.0. The molecule has 0 aromatic heterocycles. The van der Waals surface area contributed by atoms with E-state index in [1.807, 2.05) is 30.3 Å². The van der Waals surface area contributed by atoms with Crippen LogP contribution in [0.2, 0.25) is 0 Å². The minimum Gasteiger partial charge on any atom is -0.279 e. The van der Waals surface area contributed by atoms with Crippen molar-refractivity contribution in [3.8, 4) is 0 Å². The number of nitrogens with zero attached hydrogens (tertiary/aromatic N) is 2. The van der Waals surface area contributed by atoms with E-state index in [1.165, 1.54) is 23.9 Å². The molecule has 0 atom stereocenters. The van der Waals surface area contributed by atoms with E-state index in [4.69, 9.17) is 0 Å². The van der Waals surface area contributed by atoms with Gasteiger partial charge < -0.3 is 0 Å². The lowest BCUT2D eigenvalue weighted by Crippen LogP contribution is -1.93. The topological polar surface area (TPSA) is 72.6 Å². The summed E-state index contributed by atoms with van der Waals surface area (Å²) < 4.78 is 0.661. The maximum absolute atomic E-state index is 12.1. The fourth-order valence-corrected chi connectivity index (χ4v) is 3.89. The number of nitro benzene ring substituents is 1. The number of carbonyl (C=O) groups excluding carboxylic acids is 1. The van der Waals surface area contributed by atoms with E-state index < -0.39 is 4.92 Å². The molecule has 5 nitrogen and oxygen atoms in total. The summed E-state index contributed by atoms with van der Waals surface area (Å²) in [4.78, 5) is 27.0. The standard InChI is InChI=1S/C17H12N2O3S2/c20-16-14(10-13-8-4-5-9-15(13)19(21)22)18-17(24-16)23-11-12-6-2-1-3-7-12/h1-10H,11H2. The molecule has 2 aromatic rings. The highest BCUT2D eigenvalue weighted by molar-refractivity contribution is 8.45. The summed E-state index contributed by atoms with van der Waals surface area (Å²) in [5.41, 5.74) is 1.73. The van der Waals surface area contributed by atoms with Gasteiger partial charge in [0.1, 0.15) is 10.1 Å². The first kappa shape index (κ1) is 16.5. The highest BCUT2D eigenvalue weighted by Gasteiger charge is 2.23. The van der Waals surface area contributed by atoms with Crippen LogP contribution in [0, 0.1) is 10.1 Å². The molecule has 0 unspecified atom stereocenters. The van der Waals surface area contributed by atoms with Crippen molar-refractivity contribution in [2.24, 2.45) is 4.99 Å². The summed E-state index contributed by atoms with van der Waals surface area (Å²) in [6.45, 7) is 0. The maximum Gasteiger partial charge on any atom is 0.276 e. The van der Waals surface area contributed by atoms with Gasteiger partial charge in [-0.1, -0.05) is 54.2 Å². The SMILES string of the molecule is O=C1SC(SCc2ccccc2)=NC1=Cc1ccccc1[N+](=O)[O-]. The molecule has 1 aliphatic rings. The van der Waals surface area contributed by atoms with Crippen LogP contribution in [0.1, 0.15) is 11.1 Å². The Balaban J connectivity index is 1.78. The van der Waals surface area contributed by atoms with Crippen LogP contribution in [-0.4, -0.2) is 14.4 Å². The molecule has 0 bridgehead atoms. The number of hydrogen-bond donors (Lipinski definition) is 0. The average molecular weight is 356 g/mol. The van der Waals surface area contributed by atoms with Gasteiger partial charge in [-0.25, -0.2) is 4.99 Å². The number of aliphatic imine (C=N–C) groups is 1. The molecule has 0 amide bonds. The van der Waals surface area contributed by atoms with Crippen LogP contribution in [0.4, 0.5) is 5.69 Å². The Morgan fingerprint density at radius 2 is 1.83 bits per heavy atom. The van der Waals surface area contributed by atoms with Crippen LogP contribution in [0.15, 0.2) is 65.3 Å². The van der Waals surface area contributed by atoms with Gasteiger partial charge in [-0.3, -0.25) is 14.9 Å². The third-order valence-corrected chi connectivity index (χ3v) is 5.31. The fourth-order valence-electron chi connectivity index (χ4n) is 2.09. The largest absolute Gasteiger partial charge is 0.279 e. The molecule has 0 aliphatic carbocycles. The number of nitro groups is 1. The Morgan fingerprint density at radius 1 is 1.12 bits per heavy atom. The van der Waals surface area contributed by atoms with Gasteiger partial charge in [0.2, 0.25) is 5.12 Å². The van der Waals surface area contributed by atoms with E-state index in [0.717, 1.165) is 23.1 Å². The third kappa shape index (κ3) is 3.93. The van der Waals surface area contributed by atoms with Gasteiger partial charge in [0.25, 0.3) is 5.69 Å². The second-order valence-electron chi connectivity index (χ2n) is 4.89. The summed E-state index contributed by atoms with van der Waals surface area (Å²) in [5.74, 6) is 0.721. The lowest BCUT2D eigenvalue weighted by atomic mass is 10.1. The van der Waals surface area contributed by atoms with E-state index in [2.05, 4.69) is 4.99 Å². The normalized spacial score (nSPS) is 15.6. The summed E-state index contributed by atoms with van der Waals surface area (Å²) in [6.07, 6.45) is 1.48. The van der Waals surface area contributed by atoms with Gasteiger partial charge in [0, 0.05) is 11.8 Å². The molecule has 0 radical (unpaired) electrons. The monoisotopic (exact) mass is 356 g/mol. The van der Waals surface area contributed by atoms with Crippen molar-refractivity contribution >= 4 is 44.8 Å². The smallest absolute Gasteiger partial charge is 0.276 e. The molecule has 2 aromatic carbocycles. The molecule has 120 valence electrons. The number of rotatable bonds is 4. The van der Waals surface area contributed by atoms with Crippen molar-refractivity contribution in [1.82, 2.24) is 0 Å². The lowest BCUT2D eigenvalue weighted by Gasteiger charge is -1.98. The molecule has 0 saturated heterocycles. The van der Waals surface area contributed by atoms with Crippen LogP contribution in [0.3, 0.4) is 0 Å². The van der Waals surface area contributed by atoms with Crippen LogP contribution in [0.5, 0.6) is 0 Å². The van der Waals surface area contributed by atoms with Crippen LogP contribution >= 0.6 is 23.5 Å². The first-order valence-corrected chi connectivity index (χ1v) is 8.86. The second-order valence-corrected chi connectivity index (χ2v) is 7.07. The molecule has 1 aliphatic heterocycles. The Morgan fingerprint density at radius 3 is 2.58 bits per heavy atom. The van der Waals surface area contributed by atoms with Gasteiger partial charge in [0.05, 0.1) is 10.5 Å². The molecule has 3 rings (SSSR count). The van der Waals surface area contributed by atoms with Gasteiger partial charge in [0.15, 0.2) is 0 Å². The first-order valence-electron chi connectivity index (χ1n) is 7.06. The predicted octanol–water partition coefficient (Wildman–Crippen LogP) is 4.50. The average Bonchev–Trinajstić information content (AvgIpc) is 2.94. The summed E-state index contributed by atoms with van der Waals surface area (Å²) in [6, 6.07) is 16.2. The molecule has 0 fully saturated rings. The minimum atomic E-state index is -0.465. The van der Waals surface area contributed by atoms with Gasteiger partial charge in [-0.15, -0.1) is 0 Å². The van der Waals surface area contributed by atoms with Crippen molar-refractivity contribution in [1.29, 1.82) is 0 Å².